The van der Waals surface area contributed by atoms with Gasteiger partial charge in [0.15, 0.2) is 0 Å². The van der Waals surface area contributed by atoms with E-state index < -0.39 is 6.10 Å². The second kappa shape index (κ2) is 7.61. The first-order chi connectivity index (χ1) is 8.99. The minimum atomic E-state index is -0.664. The molecule has 0 saturated carbocycles. The van der Waals surface area contributed by atoms with Crippen LogP contribution in [0.2, 0.25) is 0 Å². The quantitative estimate of drug-likeness (QED) is 0.425. The number of nitrogens with two attached hydrogens (primary N) is 1. The number of rotatable bonds is 6. The Morgan fingerprint density at radius 1 is 1.63 bits per heavy atom. The number of hydrogen-bond acceptors (Lipinski definition) is 3. The average molecular weight is 280 g/mol. The van der Waals surface area contributed by atoms with Crippen LogP contribution in [0, 0.1) is 6.92 Å². The highest BCUT2D eigenvalue weighted by Gasteiger charge is 2.06. The third kappa shape index (κ3) is 6.08. The van der Waals surface area contributed by atoms with Crippen LogP contribution in [-0.2, 0) is 0 Å². The lowest BCUT2D eigenvalue weighted by molar-refractivity contribution is 0.187. The topological polar surface area (TPSA) is 70.6 Å². The maximum Gasteiger partial charge on any atom is 0.119 e. The fourth-order valence-corrected chi connectivity index (χ4v) is 1.51. The lowest BCUT2D eigenvalue weighted by Crippen LogP contribution is -2.12. The Morgan fingerprint density at radius 3 is 3.00 bits per heavy atom. The van der Waals surface area contributed by atoms with E-state index in [1.54, 1.807) is 6.08 Å². The van der Waals surface area contributed by atoms with Crippen molar-refractivity contribution < 1.29 is 5.11 Å². The van der Waals surface area contributed by atoms with Crippen molar-refractivity contribution in [2.75, 3.05) is 6.54 Å². The van der Waals surface area contributed by atoms with Crippen LogP contribution in [0.15, 0.2) is 53.3 Å². The Balaban J connectivity index is 2.55. The van der Waals surface area contributed by atoms with Crippen molar-refractivity contribution in [2.24, 2.45) is 10.7 Å². The molecule has 0 aromatic heterocycles. The van der Waals surface area contributed by atoms with Crippen molar-refractivity contribution in [3.8, 4) is 0 Å². The van der Waals surface area contributed by atoms with Crippen molar-refractivity contribution in [3.05, 3.63) is 59.4 Å². The van der Waals surface area contributed by atoms with E-state index >= 15 is 0 Å². The SMILES string of the molecule is C=C(Cl)NC=CC(N)=NCC(O)c1cccc(C)c1. The molecule has 0 heterocycles. The van der Waals surface area contributed by atoms with E-state index in [0.29, 0.717) is 11.0 Å². The molecule has 0 bridgehead atoms. The maximum atomic E-state index is 9.97. The fraction of sp³-hybridized carbons (Fsp3) is 0.214. The largest absolute Gasteiger partial charge is 0.386 e. The third-order valence-corrected chi connectivity index (χ3v) is 2.48. The first kappa shape index (κ1) is 15.3. The summed E-state index contributed by atoms with van der Waals surface area (Å²) >= 11 is 5.51. The minimum Gasteiger partial charge on any atom is -0.386 e. The zero-order valence-electron chi connectivity index (χ0n) is 10.8. The molecule has 0 aliphatic carbocycles. The van der Waals surface area contributed by atoms with Crippen LogP contribution in [0.3, 0.4) is 0 Å². The number of halogens is 1. The van der Waals surface area contributed by atoms with E-state index in [-0.39, 0.29) is 6.54 Å². The van der Waals surface area contributed by atoms with Gasteiger partial charge in [-0.15, -0.1) is 0 Å². The highest BCUT2D eigenvalue weighted by Crippen LogP contribution is 2.14. The standard InChI is InChI=1S/C14H18ClN3O/c1-10-4-3-5-12(8-10)13(19)9-18-14(16)6-7-17-11(2)15/h3-8,13,17,19H,2,9H2,1H3,(H2,16,18). The second-order valence-corrected chi connectivity index (χ2v) is 4.53. The Labute approximate surface area is 118 Å². The number of aliphatic hydroxyl groups excluding tert-OH is 1. The molecule has 4 nitrogen and oxygen atoms in total. The van der Waals surface area contributed by atoms with Gasteiger partial charge in [-0.2, -0.15) is 0 Å². The van der Waals surface area contributed by atoms with Gasteiger partial charge in [-0.3, -0.25) is 4.99 Å². The first-order valence-electron chi connectivity index (χ1n) is 5.81. The van der Waals surface area contributed by atoms with E-state index in [9.17, 15) is 5.11 Å². The smallest absolute Gasteiger partial charge is 0.119 e. The Kier molecular flexibility index (Phi) is 6.12. The molecule has 0 aliphatic rings. The van der Waals surface area contributed by atoms with E-state index in [2.05, 4.69) is 16.9 Å². The number of aryl methyl sites for hydroxylation is 1. The number of hydrogen-bond donors (Lipinski definition) is 3. The Bertz CT molecular complexity index is 497. The monoisotopic (exact) mass is 279 g/mol. The summed E-state index contributed by atoms with van der Waals surface area (Å²) in [5, 5.41) is 12.9. The molecule has 1 aromatic carbocycles. The predicted molar refractivity (Wildman–Crippen MR) is 79.9 cm³/mol. The van der Waals surface area contributed by atoms with Gasteiger partial charge in [-0.05, 0) is 18.6 Å². The first-order valence-corrected chi connectivity index (χ1v) is 6.19. The number of aliphatic hydroxyl groups is 1. The number of aliphatic imine (C=N–C) groups is 1. The van der Waals surface area contributed by atoms with Crippen molar-refractivity contribution >= 4 is 17.4 Å². The van der Waals surface area contributed by atoms with Crippen molar-refractivity contribution in [2.45, 2.75) is 13.0 Å². The van der Waals surface area contributed by atoms with Crippen LogP contribution in [0.25, 0.3) is 0 Å². The fourth-order valence-electron chi connectivity index (χ4n) is 1.44. The molecule has 0 radical (unpaired) electrons. The third-order valence-electron chi connectivity index (χ3n) is 2.37. The highest BCUT2D eigenvalue weighted by atomic mass is 35.5. The van der Waals surface area contributed by atoms with E-state index in [1.165, 1.54) is 6.20 Å². The molecule has 1 unspecified atom stereocenters. The van der Waals surface area contributed by atoms with E-state index in [1.807, 2.05) is 31.2 Å². The summed E-state index contributed by atoms with van der Waals surface area (Å²) in [6.45, 7) is 5.64. The lowest BCUT2D eigenvalue weighted by atomic mass is 10.1. The normalized spacial score (nSPS) is 13.5. The summed E-state index contributed by atoms with van der Waals surface area (Å²) in [4.78, 5) is 4.07. The van der Waals surface area contributed by atoms with Gasteiger partial charge in [0, 0.05) is 6.20 Å². The van der Waals surface area contributed by atoms with Crippen LogP contribution in [0.4, 0.5) is 0 Å². The number of amidine groups is 1. The number of nitrogens with zero attached hydrogens (tertiary/aromatic N) is 1. The van der Waals surface area contributed by atoms with Gasteiger partial charge in [-0.25, -0.2) is 0 Å². The van der Waals surface area contributed by atoms with Crippen LogP contribution in [0.5, 0.6) is 0 Å². The van der Waals surface area contributed by atoms with Gasteiger partial charge in [-0.1, -0.05) is 48.0 Å². The molecular formula is C14H18ClN3O. The zero-order valence-corrected chi connectivity index (χ0v) is 11.6. The molecule has 0 saturated heterocycles. The summed E-state index contributed by atoms with van der Waals surface area (Å²) in [6, 6.07) is 7.65. The van der Waals surface area contributed by atoms with Gasteiger partial charge < -0.3 is 16.2 Å². The van der Waals surface area contributed by atoms with Gasteiger partial charge >= 0.3 is 0 Å². The molecular weight excluding hydrogens is 262 g/mol. The van der Waals surface area contributed by atoms with Crippen molar-refractivity contribution in [1.29, 1.82) is 0 Å². The molecule has 5 heteroatoms. The molecule has 0 aliphatic heterocycles. The Hall–Kier alpha value is -1.78. The van der Waals surface area contributed by atoms with E-state index in [4.69, 9.17) is 17.3 Å². The van der Waals surface area contributed by atoms with Gasteiger partial charge in [0.1, 0.15) is 5.84 Å². The molecule has 1 atom stereocenters. The number of benzene rings is 1. The molecule has 0 fully saturated rings. The van der Waals surface area contributed by atoms with Gasteiger partial charge in [0.05, 0.1) is 17.8 Å². The molecule has 19 heavy (non-hydrogen) atoms. The van der Waals surface area contributed by atoms with Crippen LogP contribution < -0.4 is 11.1 Å². The molecule has 0 spiro atoms. The van der Waals surface area contributed by atoms with Crippen LogP contribution >= 0.6 is 11.6 Å². The maximum absolute atomic E-state index is 9.97. The van der Waals surface area contributed by atoms with Gasteiger partial charge in [0.2, 0.25) is 0 Å². The van der Waals surface area contributed by atoms with Crippen LogP contribution in [0.1, 0.15) is 17.2 Å². The Morgan fingerprint density at radius 2 is 2.37 bits per heavy atom. The number of nitrogens with one attached hydrogen (secondary N) is 1. The predicted octanol–water partition coefficient (Wildman–Crippen LogP) is 2.20. The van der Waals surface area contributed by atoms with Crippen molar-refractivity contribution in [3.63, 3.8) is 0 Å². The van der Waals surface area contributed by atoms with Crippen molar-refractivity contribution in [1.82, 2.24) is 5.32 Å². The summed E-state index contributed by atoms with van der Waals surface area (Å²) in [7, 11) is 0. The molecule has 1 rings (SSSR count). The minimum absolute atomic E-state index is 0.210. The summed E-state index contributed by atoms with van der Waals surface area (Å²) in [5.74, 6) is 0.303. The summed E-state index contributed by atoms with van der Waals surface area (Å²) in [5.41, 5.74) is 7.58. The molecule has 4 N–H and O–H groups in total. The average Bonchev–Trinajstić information content (AvgIpc) is 2.35. The molecule has 0 amide bonds. The molecule has 102 valence electrons. The second-order valence-electron chi connectivity index (χ2n) is 4.08. The summed E-state index contributed by atoms with van der Waals surface area (Å²) in [6.07, 6.45) is 2.42. The van der Waals surface area contributed by atoms with E-state index in [0.717, 1.165) is 11.1 Å². The molecule has 1 aromatic rings. The lowest BCUT2D eigenvalue weighted by Gasteiger charge is -2.09. The van der Waals surface area contributed by atoms with Gasteiger partial charge in [0.25, 0.3) is 0 Å². The zero-order chi connectivity index (χ0) is 14.3. The highest BCUT2D eigenvalue weighted by molar-refractivity contribution is 6.28. The van der Waals surface area contributed by atoms with Crippen LogP contribution in [-0.4, -0.2) is 17.5 Å². The summed E-state index contributed by atoms with van der Waals surface area (Å²) < 4.78 is 0.